The van der Waals surface area contributed by atoms with Gasteiger partial charge in [-0.1, -0.05) is 31.2 Å². The number of aryl methyl sites for hydroxylation is 1. The highest BCUT2D eigenvalue weighted by Crippen LogP contribution is 2.16. The standard InChI is InChI=1S/C14H18N2O3/c1-2-10-5-3-4-6-11(10)7-15-14(19)16-8-12(9-16)13(17)18/h3-6,12H,2,7-9H2,1H3,(H,15,19)(H,17,18). The Morgan fingerprint density at radius 3 is 2.53 bits per heavy atom. The largest absolute Gasteiger partial charge is 0.481 e. The molecule has 2 N–H and O–H groups in total. The average molecular weight is 262 g/mol. The van der Waals surface area contributed by atoms with E-state index < -0.39 is 11.9 Å². The van der Waals surface area contributed by atoms with E-state index in [0.717, 1.165) is 12.0 Å². The first kappa shape index (κ1) is 13.4. The Hall–Kier alpha value is -2.04. The Kier molecular flexibility index (Phi) is 4.04. The van der Waals surface area contributed by atoms with Crippen molar-refractivity contribution in [2.45, 2.75) is 19.9 Å². The van der Waals surface area contributed by atoms with Gasteiger partial charge in [-0.3, -0.25) is 4.79 Å². The molecule has 0 bridgehead atoms. The Labute approximate surface area is 112 Å². The maximum absolute atomic E-state index is 11.8. The van der Waals surface area contributed by atoms with Crippen LogP contribution in [0, 0.1) is 5.92 Å². The van der Waals surface area contributed by atoms with Gasteiger partial charge in [0.1, 0.15) is 0 Å². The number of carboxylic acid groups (broad SMARTS) is 1. The molecule has 0 spiro atoms. The van der Waals surface area contributed by atoms with Crippen molar-refractivity contribution in [3.05, 3.63) is 35.4 Å². The number of carbonyl (C=O) groups is 2. The van der Waals surface area contributed by atoms with Crippen LogP contribution in [0.4, 0.5) is 4.79 Å². The van der Waals surface area contributed by atoms with Crippen molar-refractivity contribution in [1.29, 1.82) is 0 Å². The summed E-state index contributed by atoms with van der Waals surface area (Å²) in [6.45, 7) is 3.16. The van der Waals surface area contributed by atoms with Crippen LogP contribution in [-0.4, -0.2) is 35.1 Å². The van der Waals surface area contributed by atoms with Crippen LogP contribution in [0.1, 0.15) is 18.1 Å². The lowest BCUT2D eigenvalue weighted by Gasteiger charge is -2.36. The molecule has 0 unspecified atom stereocenters. The molecule has 102 valence electrons. The van der Waals surface area contributed by atoms with Crippen molar-refractivity contribution in [3.8, 4) is 0 Å². The van der Waals surface area contributed by atoms with Gasteiger partial charge in [-0.05, 0) is 17.5 Å². The van der Waals surface area contributed by atoms with Crippen LogP contribution in [-0.2, 0) is 17.8 Å². The molecule has 1 aliphatic rings. The summed E-state index contributed by atoms with van der Waals surface area (Å²) in [4.78, 5) is 24.0. The van der Waals surface area contributed by atoms with E-state index in [1.807, 2.05) is 24.3 Å². The molecule has 1 aliphatic heterocycles. The third-order valence-electron chi connectivity index (χ3n) is 3.45. The summed E-state index contributed by atoms with van der Waals surface area (Å²) in [7, 11) is 0. The van der Waals surface area contributed by atoms with Gasteiger partial charge in [0.2, 0.25) is 0 Å². The summed E-state index contributed by atoms with van der Waals surface area (Å²) in [6, 6.07) is 7.78. The molecule has 1 aromatic rings. The molecular weight excluding hydrogens is 244 g/mol. The van der Waals surface area contributed by atoms with Crippen molar-refractivity contribution in [1.82, 2.24) is 10.2 Å². The highest BCUT2D eigenvalue weighted by Gasteiger charge is 2.35. The Morgan fingerprint density at radius 2 is 1.95 bits per heavy atom. The molecule has 5 heteroatoms. The normalized spacial score (nSPS) is 14.9. The number of nitrogens with one attached hydrogen (secondary N) is 1. The topological polar surface area (TPSA) is 69.6 Å². The number of aliphatic carboxylic acids is 1. The minimum Gasteiger partial charge on any atom is -0.481 e. The van der Waals surface area contributed by atoms with Crippen molar-refractivity contribution >= 4 is 12.0 Å². The minimum absolute atomic E-state index is 0.191. The highest BCUT2D eigenvalue weighted by atomic mass is 16.4. The van der Waals surface area contributed by atoms with E-state index in [9.17, 15) is 9.59 Å². The fourth-order valence-corrected chi connectivity index (χ4v) is 2.16. The van der Waals surface area contributed by atoms with Crippen molar-refractivity contribution in [2.24, 2.45) is 5.92 Å². The van der Waals surface area contributed by atoms with Gasteiger partial charge in [-0.25, -0.2) is 4.79 Å². The molecule has 0 radical (unpaired) electrons. The van der Waals surface area contributed by atoms with E-state index in [-0.39, 0.29) is 6.03 Å². The van der Waals surface area contributed by atoms with Gasteiger partial charge in [0.05, 0.1) is 5.92 Å². The van der Waals surface area contributed by atoms with Crippen LogP contribution < -0.4 is 5.32 Å². The molecule has 1 fully saturated rings. The molecule has 0 saturated carbocycles. The fourth-order valence-electron chi connectivity index (χ4n) is 2.16. The summed E-state index contributed by atoms with van der Waals surface area (Å²) in [5, 5.41) is 11.6. The summed E-state index contributed by atoms with van der Waals surface area (Å²) >= 11 is 0. The van der Waals surface area contributed by atoms with Crippen LogP contribution in [0.5, 0.6) is 0 Å². The first-order valence-corrected chi connectivity index (χ1v) is 6.44. The predicted octanol–water partition coefficient (Wildman–Crippen LogP) is 1.48. The molecule has 1 heterocycles. The van der Waals surface area contributed by atoms with E-state index in [1.54, 1.807) is 0 Å². The second-order valence-electron chi connectivity index (χ2n) is 4.72. The molecular formula is C14H18N2O3. The van der Waals surface area contributed by atoms with Gasteiger partial charge in [-0.15, -0.1) is 0 Å². The van der Waals surface area contributed by atoms with Gasteiger partial charge in [0.15, 0.2) is 0 Å². The number of hydrogen-bond donors (Lipinski definition) is 2. The Morgan fingerprint density at radius 1 is 1.32 bits per heavy atom. The number of amides is 2. The van der Waals surface area contributed by atoms with Gasteiger partial charge < -0.3 is 15.3 Å². The third-order valence-corrected chi connectivity index (χ3v) is 3.45. The fraction of sp³-hybridized carbons (Fsp3) is 0.429. The second-order valence-corrected chi connectivity index (χ2v) is 4.72. The van der Waals surface area contributed by atoms with Gasteiger partial charge in [-0.2, -0.15) is 0 Å². The molecule has 0 atom stereocenters. The summed E-state index contributed by atoms with van der Waals surface area (Å²) in [5.41, 5.74) is 2.32. The second kappa shape index (κ2) is 5.73. The zero-order valence-electron chi connectivity index (χ0n) is 10.9. The lowest BCUT2D eigenvalue weighted by Crippen LogP contribution is -2.56. The Bertz CT molecular complexity index is 481. The van der Waals surface area contributed by atoms with E-state index in [1.165, 1.54) is 10.5 Å². The molecule has 5 nitrogen and oxygen atoms in total. The first-order chi connectivity index (χ1) is 9.11. The Balaban J connectivity index is 1.83. The van der Waals surface area contributed by atoms with Crippen molar-refractivity contribution in [3.63, 3.8) is 0 Å². The average Bonchev–Trinajstić information content (AvgIpc) is 2.34. The first-order valence-electron chi connectivity index (χ1n) is 6.44. The van der Waals surface area contributed by atoms with Crippen LogP contribution in [0.25, 0.3) is 0 Å². The monoisotopic (exact) mass is 262 g/mol. The zero-order chi connectivity index (χ0) is 13.8. The number of urea groups is 1. The quantitative estimate of drug-likeness (QED) is 0.863. The van der Waals surface area contributed by atoms with E-state index in [2.05, 4.69) is 12.2 Å². The SMILES string of the molecule is CCc1ccccc1CNC(=O)N1CC(C(=O)O)C1. The number of rotatable bonds is 4. The van der Waals surface area contributed by atoms with Crippen LogP contribution in [0.2, 0.25) is 0 Å². The summed E-state index contributed by atoms with van der Waals surface area (Å²) in [5.74, 6) is -1.24. The number of carbonyl (C=O) groups excluding carboxylic acids is 1. The maximum Gasteiger partial charge on any atom is 0.317 e. The highest BCUT2D eigenvalue weighted by molar-refractivity contribution is 5.79. The smallest absolute Gasteiger partial charge is 0.317 e. The van der Waals surface area contributed by atoms with Gasteiger partial charge in [0.25, 0.3) is 0 Å². The van der Waals surface area contributed by atoms with Gasteiger partial charge >= 0.3 is 12.0 Å². The molecule has 1 aromatic carbocycles. The van der Waals surface area contributed by atoms with Crippen molar-refractivity contribution in [2.75, 3.05) is 13.1 Å². The number of carboxylic acids is 1. The molecule has 0 aliphatic carbocycles. The number of nitrogens with zero attached hydrogens (tertiary/aromatic N) is 1. The number of benzene rings is 1. The number of likely N-dealkylation sites (tertiary alicyclic amines) is 1. The van der Waals surface area contributed by atoms with Gasteiger partial charge in [0, 0.05) is 19.6 Å². The summed E-state index contributed by atoms with van der Waals surface area (Å²) in [6.07, 6.45) is 0.927. The zero-order valence-corrected chi connectivity index (χ0v) is 10.9. The molecule has 1 saturated heterocycles. The van der Waals surface area contributed by atoms with Crippen LogP contribution in [0.3, 0.4) is 0 Å². The predicted molar refractivity (Wildman–Crippen MR) is 70.8 cm³/mol. The lowest BCUT2D eigenvalue weighted by molar-refractivity contribution is -0.146. The minimum atomic E-state index is -0.833. The van der Waals surface area contributed by atoms with Crippen molar-refractivity contribution < 1.29 is 14.7 Å². The molecule has 2 amide bonds. The van der Waals surface area contributed by atoms with Crippen LogP contribution in [0.15, 0.2) is 24.3 Å². The lowest BCUT2D eigenvalue weighted by atomic mass is 10.0. The molecule has 0 aromatic heterocycles. The van der Waals surface area contributed by atoms with E-state index in [0.29, 0.717) is 19.6 Å². The molecule has 2 rings (SSSR count). The number of hydrogen-bond acceptors (Lipinski definition) is 2. The van der Waals surface area contributed by atoms with Crippen LogP contribution >= 0.6 is 0 Å². The molecule has 19 heavy (non-hydrogen) atoms. The van der Waals surface area contributed by atoms with E-state index in [4.69, 9.17) is 5.11 Å². The summed E-state index contributed by atoms with van der Waals surface area (Å²) < 4.78 is 0. The van der Waals surface area contributed by atoms with E-state index >= 15 is 0 Å². The third kappa shape index (κ3) is 3.05. The maximum atomic E-state index is 11.8.